The quantitative estimate of drug-likeness (QED) is 0.677. The standard InChI is InChI=1S/C12H15NO/c13-11-5-3-8-9(11)4-6-12-10(8)2-1-7-14-12/h4,6,11H,1-3,5,7,13H2/t11-/m0/s1. The molecule has 1 aromatic rings. The molecule has 0 bridgehead atoms. The Balaban J connectivity index is 2.15. The minimum Gasteiger partial charge on any atom is -0.493 e. The monoisotopic (exact) mass is 189 g/mol. The Labute approximate surface area is 84.1 Å². The van der Waals surface area contributed by atoms with Crippen LogP contribution in [0.2, 0.25) is 0 Å². The van der Waals surface area contributed by atoms with Crippen LogP contribution in [0.3, 0.4) is 0 Å². The summed E-state index contributed by atoms with van der Waals surface area (Å²) in [4.78, 5) is 0. The summed E-state index contributed by atoms with van der Waals surface area (Å²) in [5.74, 6) is 1.10. The molecule has 1 aliphatic heterocycles. The lowest BCUT2D eigenvalue weighted by Gasteiger charge is -2.20. The Bertz CT molecular complexity index is 373. The summed E-state index contributed by atoms with van der Waals surface area (Å²) in [5, 5.41) is 0. The summed E-state index contributed by atoms with van der Waals surface area (Å²) in [6.45, 7) is 0.873. The maximum atomic E-state index is 6.04. The fourth-order valence-electron chi connectivity index (χ4n) is 2.63. The van der Waals surface area contributed by atoms with E-state index in [4.69, 9.17) is 10.5 Å². The molecule has 0 amide bonds. The van der Waals surface area contributed by atoms with E-state index >= 15 is 0 Å². The molecule has 0 aromatic heterocycles. The molecular weight excluding hydrogens is 174 g/mol. The van der Waals surface area contributed by atoms with E-state index in [9.17, 15) is 0 Å². The summed E-state index contributed by atoms with van der Waals surface area (Å²) in [7, 11) is 0. The smallest absolute Gasteiger partial charge is 0.122 e. The van der Waals surface area contributed by atoms with Crippen molar-refractivity contribution in [3.8, 4) is 5.75 Å². The van der Waals surface area contributed by atoms with E-state index in [-0.39, 0.29) is 6.04 Å². The largest absolute Gasteiger partial charge is 0.493 e. The second kappa shape index (κ2) is 2.99. The zero-order chi connectivity index (χ0) is 9.54. The Morgan fingerprint density at radius 1 is 1.21 bits per heavy atom. The lowest BCUT2D eigenvalue weighted by Crippen LogP contribution is -2.11. The summed E-state index contributed by atoms with van der Waals surface area (Å²) in [5.41, 5.74) is 10.3. The lowest BCUT2D eigenvalue weighted by molar-refractivity contribution is 0.287. The first-order valence-electron chi connectivity index (χ1n) is 5.39. The van der Waals surface area contributed by atoms with E-state index < -0.39 is 0 Å². The number of nitrogens with two attached hydrogens (primary N) is 1. The second-order valence-electron chi connectivity index (χ2n) is 4.21. The van der Waals surface area contributed by atoms with Gasteiger partial charge in [-0.05, 0) is 48.4 Å². The van der Waals surface area contributed by atoms with Crippen LogP contribution in [0.5, 0.6) is 5.75 Å². The van der Waals surface area contributed by atoms with Gasteiger partial charge in [0.15, 0.2) is 0 Å². The third-order valence-electron chi connectivity index (χ3n) is 3.36. The van der Waals surface area contributed by atoms with Crippen LogP contribution in [0.1, 0.15) is 35.6 Å². The normalized spacial score (nSPS) is 23.9. The zero-order valence-electron chi connectivity index (χ0n) is 8.25. The number of benzene rings is 1. The molecule has 1 heterocycles. The molecule has 0 radical (unpaired) electrons. The van der Waals surface area contributed by atoms with Crippen molar-refractivity contribution >= 4 is 0 Å². The maximum absolute atomic E-state index is 6.04. The van der Waals surface area contributed by atoms with E-state index in [1.807, 2.05) is 0 Å². The van der Waals surface area contributed by atoms with Crippen LogP contribution in [0.15, 0.2) is 12.1 Å². The van der Waals surface area contributed by atoms with E-state index in [2.05, 4.69) is 12.1 Å². The summed E-state index contributed by atoms with van der Waals surface area (Å²) in [6, 6.07) is 4.51. The van der Waals surface area contributed by atoms with Crippen molar-refractivity contribution in [2.45, 2.75) is 31.7 Å². The van der Waals surface area contributed by atoms with Gasteiger partial charge in [0.2, 0.25) is 0 Å². The van der Waals surface area contributed by atoms with Crippen LogP contribution in [-0.4, -0.2) is 6.61 Å². The molecule has 0 unspecified atom stereocenters. The van der Waals surface area contributed by atoms with Crippen molar-refractivity contribution in [2.24, 2.45) is 5.73 Å². The Kier molecular flexibility index (Phi) is 1.77. The number of ether oxygens (including phenoxy) is 1. The molecule has 0 fully saturated rings. The second-order valence-corrected chi connectivity index (χ2v) is 4.21. The molecule has 1 atom stereocenters. The van der Waals surface area contributed by atoms with Crippen LogP contribution in [0.4, 0.5) is 0 Å². The van der Waals surface area contributed by atoms with E-state index in [0.29, 0.717) is 0 Å². The molecule has 0 saturated carbocycles. The molecule has 1 aromatic carbocycles. The van der Waals surface area contributed by atoms with Crippen molar-refractivity contribution in [1.29, 1.82) is 0 Å². The maximum Gasteiger partial charge on any atom is 0.122 e. The van der Waals surface area contributed by atoms with Gasteiger partial charge in [-0.3, -0.25) is 0 Å². The molecule has 3 rings (SSSR count). The van der Waals surface area contributed by atoms with Gasteiger partial charge in [-0.25, -0.2) is 0 Å². The summed E-state index contributed by atoms with van der Waals surface area (Å²) >= 11 is 0. The average molecular weight is 189 g/mol. The van der Waals surface area contributed by atoms with Crippen LogP contribution in [0.25, 0.3) is 0 Å². The van der Waals surface area contributed by atoms with Crippen LogP contribution in [-0.2, 0) is 12.8 Å². The summed E-state index contributed by atoms with van der Waals surface area (Å²) < 4.78 is 5.64. The van der Waals surface area contributed by atoms with Crippen molar-refractivity contribution < 1.29 is 4.74 Å². The predicted molar refractivity (Wildman–Crippen MR) is 55.5 cm³/mol. The van der Waals surface area contributed by atoms with Gasteiger partial charge in [-0.1, -0.05) is 6.07 Å². The van der Waals surface area contributed by atoms with Crippen LogP contribution < -0.4 is 10.5 Å². The minimum atomic E-state index is 0.261. The molecule has 2 N–H and O–H groups in total. The first kappa shape index (κ1) is 8.30. The molecule has 2 heteroatoms. The summed E-state index contributed by atoms with van der Waals surface area (Å²) in [6.07, 6.45) is 4.57. The van der Waals surface area contributed by atoms with Crippen LogP contribution in [0, 0.1) is 0 Å². The number of hydrogen-bond donors (Lipinski definition) is 1. The SMILES string of the molecule is N[C@H]1CCc2c1ccc1c2CCCO1. The van der Waals surface area contributed by atoms with Gasteiger partial charge in [0.05, 0.1) is 6.61 Å². The van der Waals surface area contributed by atoms with E-state index in [0.717, 1.165) is 31.6 Å². The van der Waals surface area contributed by atoms with Crippen LogP contribution >= 0.6 is 0 Å². The van der Waals surface area contributed by atoms with Crippen molar-refractivity contribution in [3.63, 3.8) is 0 Å². The molecular formula is C12H15NO. The van der Waals surface area contributed by atoms with E-state index in [1.54, 1.807) is 0 Å². The van der Waals surface area contributed by atoms with Gasteiger partial charge in [-0.15, -0.1) is 0 Å². The fourth-order valence-corrected chi connectivity index (χ4v) is 2.63. The van der Waals surface area contributed by atoms with Gasteiger partial charge in [-0.2, -0.15) is 0 Å². The number of hydrogen-bond acceptors (Lipinski definition) is 2. The Hall–Kier alpha value is -1.02. The van der Waals surface area contributed by atoms with Gasteiger partial charge in [0.25, 0.3) is 0 Å². The third-order valence-corrected chi connectivity index (χ3v) is 3.36. The lowest BCUT2D eigenvalue weighted by atomic mass is 9.96. The highest BCUT2D eigenvalue weighted by molar-refractivity contribution is 5.49. The molecule has 0 saturated heterocycles. The highest BCUT2D eigenvalue weighted by Gasteiger charge is 2.25. The average Bonchev–Trinajstić information content (AvgIpc) is 2.61. The third kappa shape index (κ3) is 1.07. The fraction of sp³-hybridized carbons (Fsp3) is 0.500. The number of fused-ring (bicyclic) bond motifs is 3. The van der Waals surface area contributed by atoms with E-state index in [1.165, 1.54) is 23.1 Å². The van der Waals surface area contributed by atoms with Gasteiger partial charge >= 0.3 is 0 Å². The topological polar surface area (TPSA) is 35.2 Å². The Morgan fingerprint density at radius 3 is 3.07 bits per heavy atom. The molecule has 2 aliphatic rings. The highest BCUT2D eigenvalue weighted by Crippen LogP contribution is 2.38. The molecule has 74 valence electrons. The molecule has 14 heavy (non-hydrogen) atoms. The minimum absolute atomic E-state index is 0.261. The van der Waals surface area contributed by atoms with Crippen molar-refractivity contribution in [1.82, 2.24) is 0 Å². The van der Waals surface area contributed by atoms with Crippen molar-refractivity contribution in [3.05, 3.63) is 28.8 Å². The zero-order valence-corrected chi connectivity index (χ0v) is 8.25. The van der Waals surface area contributed by atoms with Gasteiger partial charge in [0, 0.05) is 6.04 Å². The first-order valence-corrected chi connectivity index (χ1v) is 5.39. The molecule has 1 aliphatic carbocycles. The molecule has 2 nitrogen and oxygen atoms in total. The Morgan fingerprint density at radius 2 is 2.14 bits per heavy atom. The molecule has 0 spiro atoms. The highest BCUT2D eigenvalue weighted by atomic mass is 16.5. The number of rotatable bonds is 0. The van der Waals surface area contributed by atoms with Crippen molar-refractivity contribution in [2.75, 3.05) is 6.61 Å². The van der Waals surface area contributed by atoms with Gasteiger partial charge < -0.3 is 10.5 Å². The predicted octanol–water partition coefficient (Wildman–Crippen LogP) is 1.96. The first-order chi connectivity index (χ1) is 6.86. The van der Waals surface area contributed by atoms with Gasteiger partial charge in [0.1, 0.15) is 5.75 Å².